The van der Waals surface area contributed by atoms with Gasteiger partial charge in [-0.1, -0.05) is 6.42 Å². The zero-order valence-corrected chi connectivity index (χ0v) is 19.0. The number of anilines is 1. The number of morpholine rings is 1. The number of ether oxygens (including phenoxy) is 1. The maximum absolute atomic E-state index is 13.4. The second-order valence-corrected chi connectivity index (χ2v) is 10.2. The van der Waals surface area contributed by atoms with Crippen LogP contribution in [0.5, 0.6) is 0 Å². The third-order valence-corrected chi connectivity index (χ3v) is 6.84. The van der Waals surface area contributed by atoms with Gasteiger partial charge in [0.15, 0.2) is 11.1 Å². The van der Waals surface area contributed by atoms with Gasteiger partial charge < -0.3 is 15.4 Å². The van der Waals surface area contributed by atoms with Crippen LogP contribution < -0.4 is 15.8 Å². The van der Waals surface area contributed by atoms with Gasteiger partial charge in [-0.2, -0.15) is 13.2 Å². The van der Waals surface area contributed by atoms with Gasteiger partial charge in [-0.25, -0.2) is 18.5 Å². The molecule has 0 bridgehead atoms. The van der Waals surface area contributed by atoms with Gasteiger partial charge in [-0.05, 0) is 38.0 Å². The molecule has 2 atom stereocenters. The van der Waals surface area contributed by atoms with Gasteiger partial charge in [0.25, 0.3) is 15.9 Å². The van der Waals surface area contributed by atoms with Crippen molar-refractivity contribution in [3.05, 3.63) is 47.4 Å². The molecule has 184 valence electrons. The van der Waals surface area contributed by atoms with Crippen LogP contribution in [0.3, 0.4) is 0 Å². The molecule has 0 unspecified atom stereocenters. The molecule has 34 heavy (non-hydrogen) atoms. The van der Waals surface area contributed by atoms with Crippen LogP contribution in [0.25, 0.3) is 0 Å². The van der Waals surface area contributed by atoms with E-state index in [1.807, 2.05) is 0 Å². The quantitative estimate of drug-likeness (QED) is 0.575. The first-order chi connectivity index (χ1) is 15.9. The molecule has 0 radical (unpaired) electrons. The maximum Gasteiger partial charge on any atom is 0.415 e. The number of hydrogen-bond donors (Lipinski definition) is 3. The van der Waals surface area contributed by atoms with Gasteiger partial charge in [0.1, 0.15) is 5.60 Å². The Morgan fingerprint density at radius 2 is 2.03 bits per heavy atom. The van der Waals surface area contributed by atoms with Crippen LogP contribution in [-0.4, -0.2) is 49.7 Å². The molecule has 1 aliphatic carbocycles. The number of carbonyl (C=O) groups excluding carboxylic acids is 1. The van der Waals surface area contributed by atoms with Gasteiger partial charge in [0.05, 0.1) is 11.3 Å². The highest BCUT2D eigenvalue weighted by Gasteiger charge is 2.49. The van der Waals surface area contributed by atoms with E-state index in [-0.39, 0.29) is 29.4 Å². The number of aromatic nitrogens is 2. The number of hydrogen-bond acceptors (Lipinski definition) is 7. The molecule has 9 nitrogen and oxygen atoms in total. The normalized spacial score (nSPS) is 23.9. The molecule has 2 fully saturated rings. The Balaban J connectivity index is 1.70. The molecule has 1 aliphatic heterocycles. The minimum absolute atomic E-state index is 0.0177. The number of primary sulfonamides is 1. The monoisotopic (exact) mass is 499 g/mol. The van der Waals surface area contributed by atoms with Crippen LogP contribution in [0, 0.1) is 0 Å². The Morgan fingerprint density at radius 3 is 2.65 bits per heavy atom. The standard InChI is InChI=1S/C21H24F3N5O4S/c1-20(11-26-10-16(33-20)21(22,23)24)18-14(5-6-15(29-18)12-3-2-4-12)19(30)28-13-7-8-27-17(9-13)34(25,31)32/h5-9,12,16,26H,2-4,10-11H2,1H3,(H2,25,31,32)(H,27,28,30)/t16-,20+/m1/s1. The summed E-state index contributed by atoms with van der Waals surface area (Å²) < 4.78 is 68.9. The summed E-state index contributed by atoms with van der Waals surface area (Å²) in [5.74, 6) is -0.514. The molecule has 0 aromatic carbocycles. The predicted molar refractivity (Wildman–Crippen MR) is 116 cm³/mol. The summed E-state index contributed by atoms with van der Waals surface area (Å²) in [6, 6.07) is 5.65. The molecule has 1 saturated carbocycles. The number of rotatable bonds is 5. The van der Waals surface area contributed by atoms with Gasteiger partial charge >= 0.3 is 6.18 Å². The minimum atomic E-state index is -4.59. The predicted octanol–water partition coefficient (Wildman–Crippen LogP) is 2.41. The zero-order valence-electron chi connectivity index (χ0n) is 18.2. The molecule has 13 heteroatoms. The summed E-state index contributed by atoms with van der Waals surface area (Å²) in [6.45, 7) is 1.08. The molecule has 4 rings (SSSR count). The fourth-order valence-electron chi connectivity index (χ4n) is 3.99. The van der Waals surface area contributed by atoms with Crippen molar-refractivity contribution in [2.24, 2.45) is 5.14 Å². The van der Waals surface area contributed by atoms with Crippen molar-refractivity contribution in [2.75, 3.05) is 18.4 Å². The average molecular weight is 500 g/mol. The van der Waals surface area contributed by atoms with Crippen LogP contribution >= 0.6 is 0 Å². The Labute approximate surface area is 194 Å². The molecular weight excluding hydrogens is 475 g/mol. The Bertz CT molecular complexity index is 1200. The van der Waals surface area contributed by atoms with E-state index in [0.717, 1.165) is 31.5 Å². The molecule has 1 amide bonds. The Hall–Kier alpha value is -2.61. The number of sulfonamides is 1. The molecule has 3 heterocycles. The fraction of sp³-hybridized carbons (Fsp3) is 0.476. The number of halogens is 3. The maximum atomic E-state index is 13.4. The second kappa shape index (κ2) is 8.87. The lowest BCUT2D eigenvalue weighted by molar-refractivity contribution is -0.262. The lowest BCUT2D eigenvalue weighted by Crippen LogP contribution is -2.56. The zero-order chi connectivity index (χ0) is 24.7. The minimum Gasteiger partial charge on any atom is -0.354 e. The number of alkyl halides is 3. The van der Waals surface area contributed by atoms with Crippen LogP contribution in [0.2, 0.25) is 0 Å². The molecular formula is C21H24F3N5O4S. The van der Waals surface area contributed by atoms with Crippen molar-refractivity contribution in [1.82, 2.24) is 15.3 Å². The SMILES string of the molecule is C[C@@]1(c2nc(C3CCC3)ccc2C(=O)Nc2ccnc(S(N)(=O)=O)c2)CNC[C@H](C(F)(F)F)O1. The molecule has 2 aliphatic rings. The highest BCUT2D eigenvalue weighted by molar-refractivity contribution is 7.89. The lowest BCUT2D eigenvalue weighted by Gasteiger charge is -2.40. The number of nitrogens with zero attached hydrogens (tertiary/aromatic N) is 2. The Kier molecular flexibility index (Phi) is 6.40. The first-order valence-corrected chi connectivity index (χ1v) is 12.2. The van der Waals surface area contributed by atoms with Crippen LogP contribution in [0.15, 0.2) is 35.5 Å². The average Bonchev–Trinajstić information content (AvgIpc) is 2.71. The first kappa shape index (κ1) is 24.5. The molecule has 0 spiro atoms. The highest BCUT2D eigenvalue weighted by atomic mass is 32.2. The van der Waals surface area contributed by atoms with Crippen molar-refractivity contribution in [2.45, 2.75) is 55.0 Å². The highest BCUT2D eigenvalue weighted by Crippen LogP contribution is 2.39. The van der Waals surface area contributed by atoms with Crippen molar-refractivity contribution < 1.29 is 31.1 Å². The third kappa shape index (κ3) is 5.06. The summed E-state index contributed by atoms with van der Waals surface area (Å²) >= 11 is 0. The molecule has 2 aromatic rings. The van der Waals surface area contributed by atoms with Crippen LogP contribution in [0.4, 0.5) is 18.9 Å². The molecule has 1 saturated heterocycles. The lowest BCUT2D eigenvalue weighted by atomic mass is 9.82. The van der Waals surface area contributed by atoms with E-state index in [1.165, 1.54) is 19.1 Å². The molecule has 4 N–H and O–H groups in total. The number of amides is 1. The number of nitrogens with two attached hydrogens (primary N) is 1. The smallest absolute Gasteiger partial charge is 0.354 e. The largest absolute Gasteiger partial charge is 0.415 e. The van der Waals surface area contributed by atoms with Crippen molar-refractivity contribution in [3.63, 3.8) is 0 Å². The Morgan fingerprint density at radius 1 is 1.29 bits per heavy atom. The topological polar surface area (TPSA) is 136 Å². The summed E-state index contributed by atoms with van der Waals surface area (Å²) in [6.07, 6.45) is -2.64. The van der Waals surface area contributed by atoms with Gasteiger partial charge in [-0.15, -0.1) is 0 Å². The fourth-order valence-corrected chi connectivity index (χ4v) is 4.49. The van der Waals surface area contributed by atoms with Gasteiger partial charge in [0, 0.05) is 42.7 Å². The van der Waals surface area contributed by atoms with E-state index in [1.54, 1.807) is 6.07 Å². The summed E-state index contributed by atoms with van der Waals surface area (Å²) in [5.41, 5.74) is -0.647. The number of pyridine rings is 2. The van der Waals surface area contributed by atoms with Gasteiger partial charge in [0.2, 0.25) is 0 Å². The first-order valence-electron chi connectivity index (χ1n) is 10.6. The number of nitrogens with one attached hydrogen (secondary N) is 2. The van der Waals surface area contributed by atoms with Crippen molar-refractivity contribution in [1.29, 1.82) is 0 Å². The van der Waals surface area contributed by atoms with Crippen LogP contribution in [-0.2, 0) is 20.4 Å². The molecule has 2 aromatic heterocycles. The third-order valence-electron chi connectivity index (χ3n) is 6.03. The summed E-state index contributed by atoms with van der Waals surface area (Å²) in [5, 5.41) is 9.94. The van der Waals surface area contributed by atoms with E-state index in [2.05, 4.69) is 20.6 Å². The van der Waals surface area contributed by atoms with Gasteiger partial charge in [-0.3, -0.25) is 9.78 Å². The second-order valence-electron chi connectivity index (χ2n) is 8.65. The van der Waals surface area contributed by atoms with E-state index >= 15 is 0 Å². The van der Waals surface area contributed by atoms with E-state index in [0.29, 0.717) is 5.69 Å². The summed E-state index contributed by atoms with van der Waals surface area (Å²) in [7, 11) is -4.10. The van der Waals surface area contributed by atoms with E-state index in [4.69, 9.17) is 9.88 Å². The number of carbonyl (C=O) groups is 1. The van der Waals surface area contributed by atoms with E-state index < -0.39 is 45.4 Å². The van der Waals surface area contributed by atoms with E-state index in [9.17, 15) is 26.4 Å². The summed E-state index contributed by atoms with van der Waals surface area (Å²) in [4.78, 5) is 21.4. The van der Waals surface area contributed by atoms with Crippen molar-refractivity contribution in [3.8, 4) is 0 Å². The van der Waals surface area contributed by atoms with Crippen molar-refractivity contribution >= 4 is 21.6 Å². The van der Waals surface area contributed by atoms with Crippen LogP contribution in [0.1, 0.15) is 53.8 Å².